The van der Waals surface area contributed by atoms with Crippen molar-refractivity contribution in [1.29, 1.82) is 0 Å². The molecule has 0 radical (unpaired) electrons. The maximum atomic E-state index is 8.94. The molecule has 72 valence electrons. The van der Waals surface area contributed by atoms with Crippen LogP contribution in [0.3, 0.4) is 0 Å². The van der Waals surface area contributed by atoms with Gasteiger partial charge < -0.3 is 5.11 Å². The fourth-order valence-corrected chi connectivity index (χ4v) is 1.78. The summed E-state index contributed by atoms with van der Waals surface area (Å²) in [6, 6.07) is 8.45. The molecule has 0 unspecified atom stereocenters. The van der Waals surface area contributed by atoms with Crippen molar-refractivity contribution in [2.45, 2.75) is 26.7 Å². The van der Waals surface area contributed by atoms with Crippen LogP contribution in [0, 0.1) is 5.92 Å². The van der Waals surface area contributed by atoms with Crippen LogP contribution >= 0.6 is 0 Å². The first-order valence-corrected chi connectivity index (χ1v) is 5.08. The van der Waals surface area contributed by atoms with Gasteiger partial charge in [-0.2, -0.15) is 0 Å². The molecule has 0 bridgehead atoms. The summed E-state index contributed by atoms with van der Waals surface area (Å²) in [5.74, 6) is 0.479. The van der Waals surface area contributed by atoms with E-state index in [1.165, 1.54) is 11.1 Å². The summed E-state index contributed by atoms with van der Waals surface area (Å²) in [6.07, 6.45) is 2.12. The average molecular weight is 178 g/mol. The van der Waals surface area contributed by atoms with E-state index in [9.17, 15) is 0 Å². The highest BCUT2D eigenvalue weighted by atomic mass is 16.3. The van der Waals surface area contributed by atoms with Gasteiger partial charge in [-0.25, -0.2) is 0 Å². The van der Waals surface area contributed by atoms with E-state index >= 15 is 0 Å². The van der Waals surface area contributed by atoms with E-state index in [1.54, 1.807) is 0 Å². The minimum atomic E-state index is 0.328. The minimum Gasteiger partial charge on any atom is -0.396 e. The first-order valence-electron chi connectivity index (χ1n) is 5.08. The molecule has 1 heteroatoms. The molecule has 2 rings (SSSR count). The summed E-state index contributed by atoms with van der Waals surface area (Å²) in [6.45, 7) is 4.33. The van der Waals surface area contributed by atoms with E-state index in [0.29, 0.717) is 12.5 Å². The monoisotopic (exact) mass is 178 g/mol. The average Bonchev–Trinajstić information content (AvgIpc) is 2.63. The number of aliphatic hydroxyl groups excluding tert-OH is 1. The number of fused-ring (bicyclic) bond motifs is 1. The molecule has 1 N–H and O–H groups in total. The summed E-state index contributed by atoms with van der Waals surface area (Å²) in [5, 5.41) is 8.94. The quantitative estimate of drug-likeness (QED) is 0.700. The van der Waals surface area contributed by atoms with Crippen molar-refractivity contribution in [2.75, 3.05) is 6.61 Å². The summed E-state index contributed by atoms with van der Waals surface area (Å²) in [5.41, 5.74) is 2.85. The molecule has 0 fully saturated rings. The van der Waals surface area contributed by atoms with E-state index in [0.717, 1.165) is 12.8 Å². The molecule has 0 atom stereocenters. The molecule has 0 saturated heterocycles. The first kappa shape index (κ1) is 10.3. The Morgan fingerprint density at radius 3 is 2.00 bits per heavy atom. The van der Waals surface area contributed by atoms with Gasteiger partial charge in [0, 0.05) is 6.61 Å². The van der Waals surface area contributed by atoms with Gasteiger partial charge in [-0.05, 0) is 29.9 Å². The van der Waals surface area contributed by atoms with Crippen molar-refractivity contribution in [3.8, 4) is 0 Å². The maximum Gasteiger partial charge on any atom is 0.0465 e. The lowest BCUT2D eigenvalue weighted by Gasteiger charge is -2.00. The molecule has 0 aliphatic heterocycles. The van der Waals surface area contributed by atoms with Gasteiger partial charge in [0.05, 0.1) is 0 Å². The van der Waals surface area contributed by atoms with Crippen LogP contribution in [0.1, 0.15) is 25.0 Å². The van der Waals surface area contributed by atoms with Crippen LogP contribution in [0.4, 0.5) is 0 Å². The number of hydrogen-bond donors (Lipinski definition) is 1. The highest BCUT2D eigenvalue weighted by Crippen LogP contribution is 2.25. The van der Waals surface area contributed by atoms with Crippen LogP contribution in [0.25, 0.3) is 0 Å². The zero-order chi connectivity index (χ0) is 9.68. The lowest BCUT2D eigenvalue weighted by Crippen LogP contribution is -2.04. The third-order valence-corrected chi connectivity index (χ3v) is 2.39. The van der Waals surface area contributed by atoms with E-state index in [2.05, 4.69) is 24.3 Å². The molecule has 1 aliphatic carbocycles. The smallest absolute Gasteiger partial charge is 0.0465 e. The summed E-state index contributed by atoms with van der Waals surface area (Å²) in [7, 11) is 0. The van der Waals surface area contributed by atoms with Gasteiger partial charge in [-0.15, -0.1) is 0 Å². The minimum absolute atomic E-state index is 0.328. The van der Waals surface area contributed by atoms with Crippen LogP contribution in [0.15, 0.2) is 24.3 Å². The predicted octanol–water partition coefficient (Wildman–Crippen LogP) is 2.42. The first-order chi connectivity index (χ1) is 6.40. The molecule has 1 aliphatic rings. The molecule has 0 saturated carbocycles. The van der Waals surface area contributed by atoms with Crippen molar-refractivity contribution in [3.05, 3.63) is 35.4 Å². The second kappa shape index (κ2) is 5.03. The second-order valence-corrected chi connectivity index (χ2v) is 3.23. The third kappa shape index (κ3) is 2.31. The number of aliphatic hydroxyl groups is 1. The largest absolute Gasteiger partial charge is 0.396 e. The molecule has 0 spiro atoms. The van der Waals surface area contributed by atoms with E-state index < -0.39 is 0 Å². The van der Waals surface area contributed by atoms with Crippen molar-refractivity contribution < 1.29 is 5.11 Å². The fraction of sp³-hybridized carbons (Fsp3) is 0.500. The molecule has 0 aromatic heterocycles. The van der Waals surface area contributed by atoms with Gasteiger partial charge in [0.15, 0.2) is 0 Å². The van der Waals surface area contributed by atoms with Crippen molar-refractivity contribution in [2.24, 2.45) is 5.92 Å². The summed E-state index contributed by atoms with van der Waals surface area (Å²) < 4.78 is 0. The fourth-order valence-electron chi connectivity index (χ4n) is 1.78. The van der Waals surface area contributed by atoms with E-state index in [-0.39, 0.29) is 0 Å². The van der Waals surface area contributed by atoms with E-state index in [4.69, 9.17) is 5.11 Å². The highest BCUT2D eigenvalue weighted by Gasteiger charge is 2.19. The number of benzene rings is 1. The Labute approximate surface area is 80.4 Å². The Bertz CT molecular complexity index is 230. The van der Waals surface area contributed by atoms with Crippen LogP contribution in [-0.2, 0) is 12.8 Å². The van der Waals surface area contributed by atoms with Gasteiger partial charge in [-0.1, -0.05) is 38.1 Å². The van der Waals surface area contributed by atoms with E-state index in [1.807, 2.05) is 13.8 Å². The lowest BCUT2D eigenvalue weighted by molar-refractivity contribution is 0.232. The SMILES string of the molecule is CC.OCC1Cc2ccccc2C1. The normalized spacial score (nSPS) is 14.7. The summed E-state index contributed by atoms with van der Waals surface area (Å²) in [4.78, 5) is 0. The molecule has 1 nitrogen and oxygen atoms in total. The van der Waals surface area contributed by atoms with Crippen molar-refractivity contribution >= 4 is 0 Å². The standard InChI is InChI=1S/C10H12O.C2H6/c11-7-8-5-9-3-1-2-4-10(9)6-8;1-2/h1-4,8,11H,5-7H2;1-2H3. The van der Waals surface area contributed by atoms with Gasteiger partial charge in [0.2, 0.25) is 0 Å². The number of hydrogen-bond acceptors (Lipinski definition) is 1. The Balaban J connectivity index is 0.000000396. The van der Waals surface area contributed by atoms with Crippen LogP contribution in [-0.4, -0.2) is 11.7 Å². The molecule has 1 aromatic rings. The lowest BCUT2D eigenvalue weighted by atomic mass is 10.1. The third-order valence-electron chi connectivity index (χ3n) is 2.39. The predicted molar refractivity (Wildman–Crippen MR) is 55.8 cm³/mol. The Kier molecular flexibility index (Phi) is 3.97. The van der Waals surface area contributed by atoms with Gasteiger partial charge >= 0.3 is 0 Å². The highest BCUT2D eigenvalue weighted by molar-refractivity contribution is 5.31. The van der Waals surface area contributed by atoms with Crippen molar-refractivity contribution in [3.63, 3.8) is 0 Å². The van der Waals surface area contributed by atoms with Gasteiger partial charge in [0.25, 0.3) is 0 Å². The molecular formula is C12H18O. The molecule has 1 aromatic carbocycles. The van der Waals surface area contributed by atoms with Crippen LogP contribution < -0.4 is 0 Å². The Morgan fingerprint density at radius 1 is 1.15 bits per heavy atom. The zero-order valence-electron chi connectivity index (χ0n) is 8.46. The molecule has 0 amide bonds. The second-order valence-electron chi connectivity index (χ2n) is 3.23. The zero-order valence-corrected chi connectivity index (χ0v) is 8.46. The molecule has 0 heterocycles. The van der Waals surface area contributed by atoms with Gasteiger partial charge in [0.1, 0.15) is 0 Å². The van der Waals surface area contributed by atoms with Crippen LogP contribution in [0.5, 0.6) is 0 Å². The van der Waals surface area contributed by atoms with Crippen molar-refractivity contribution in [1.82, 2.24) is 0 Å². The number of rotatable bonds is 1. The molecular weight excluding hydrogens is 160 g/mol. The Morgan fingerprint density at radius 2 is 1.62 bits per heavy atom. The summed E-state index contributed by atoms with van der Waals surface area (Å²) >= 11 is 0. The van der Waals surface area contributed by atoms with Gasteiger partial charge in [-0.3, -0.25) is 0 Å². The Hall–Kier alpha value is -0.820. The molecule has 13 heavy (non-hydrogen) atoms. The maximum absolute atomic E-state index is 8.94. The topological polar surface area (TPSA) is 20.2 Å². The van der Waals surface area contributed by atoms with Crippen LogP contribution in [0.2, 0.25) is 0 Å².